The monoisotopic (exact) mass is 343 g/mol. The zero-order valence-corrected chi connectivity index (χ0v) is 17.0. The van der Waals surface area contributed by atoms with Crippen LogP contribution >= 0.6 is 0 Å². The Morgan fingerprint density at radius 1 is 0.955 bits per heavy atom. The van der Waals surface area contributed by atoms with E-state index in [0.717, 1.165) is 12.8 Å². The molecular formula is C15H30NNaO4S. The predicted molar refractivity (Wildman–Crippen MR) is 85.2 cm³/mol. The standard InChI is InChI=1S/C15H31NO4S.Na/c1-2-3-4-5-6-7-8-9-12-15(17)16-13-10-11-14-21(18,19)20;/h2-14H2,1H3,(H,16,17)(H,18,19,20);/q;+1/p-1. The summed E-state index contributed by atoms with van der Waals surface area (Å²) in [5, 5.41) is 11.4. The van der Waals surface area contributed by atoms with Crippen molar-refractivity contribution in [1.82, 2.24) is 0 Å². The molecule has 0 saturated carbocycles. The van der Waals surface area contributed by atoms with E-state index >= 15 is 0 Å². The van der Waals surface area contributed by atoms with Crippen molar-refractivity contribution in [1.29, 1.82) is 0 Å². The van der Waals surface area contributed by atoms with Crippen LogP contribution in [0.3, 0.4) is 0 Å². The Morgan fingerprint density at radius 3 is 2.05 bits per heavy atom. The summed E-state index contributed by atoms with van der Waals surface area (Å²) in [6.45, 7) is 2.56. The molecule has 0 atom stereocenters. The summed E-state index contributed by atoms with van der Waals surface area (Å²) >= 11 is 0. The van der Waals surface area contributed by atoms with Crippen LogP contribution in [-0.2, 0) is 10.1 Å². The Kier molecular flexibility index (Phi) is 18.2. The van der Waals surface area contributed by atoms with Gasteiger partial charge in [-0.05, 0) is 31.6 Å². The third-order valence-corrected chi connectivity index (χ3v) is 4.15. The van der Waals surface area contributed by atoms with Crippen molar-refractivity contribution in [3.8, 4) is 0 Å². The van der Waals surface area contributed by atoms with Crippen LogP contribution in [0.1, 0.15) is 77.6 Å². The van der Waals surface area contributed by atoms with Crippen LogP contribution in [0.4, 0.5) is 0 Å². The van der Waals surface area contributed by atoms with E-state index in [1.165, 1.54) is 38.5 Å². The predicted octanol–water partition coefficient (Wildman–Crippen LogP) is -0.0520. The third-order valence-electron chi connectivity index (χ3n) is 3.34. The number of hydrogen-bond acceptors (Lipinski definition) is 4. The summed E-state index contributed by atoms with van der Waals surface area (Å²) in [7, 11) is -3.88. The topological polar surface area (TPSA) is 89.8 Å². The van der Waals surface area contributed by atoms with Gasteiger partial charge in [-0.1, -0.05) is 51.9 Å². The quantitative estimate of drug-likeness (QED) is 0.157. The minimum atomic E-state index is -3.88. The van der Waals surface area contributed by atoms with Gasteiger partial charge in [-0.3, -0.25) is 4.55 Å². The molecule has 0 spiro atoms. The Hall–Kier alpha value is 0.380. The summed E-state index contributed by atoms with van der Waals surface area (Å²) in [5.74, 6) is -0.345. The molecule has 0 amide bonds. The van der Waals surface area contributed by atoms with Crippen molar-refractivity contribution in [3.05, 3.63) is 0 Å². The van der Waals surface area contributed by atoms with E-state index in [9.17, 15) is 13.5 Å². The molecule has 22 heavy (non-hydrogen) atoms. The summed E-state index contributed by atoms with van der Waals surface area (Å²) in [6, 6.07) is 0. The Bertz CT molecular complexity index is 372. The number of nitrogens with zero attached hydrogens (tertiary/aromatic N) is 1. The minimum Gasteiger partial charge on any atom is -0.862 e. The summed E-state index contributed by atoms with van der Waals surface area (Å²) in [6.07, 6.45) is 10.9. The maximum Gasteiger partial charge on any atom is 1.00 e. The van der Waals surface area contributed by atoms with E-state index in [1.54, 1.807) is 0 Å². The fraction of sp³-hybridized carbons (Fsp3) is 0.933. The first-order chi connectivity index (χ1) is 9.95. The molecule has 0 aromatic carbocycles. The van der Waals surface area contributed by atoms with Crippen molar-refractivity contribution in [2.75, 3.05) is 12.3 Å². The Labute approximate surface area is 158 Å². The molecule has 0 bridgehead atoms. The molecule has 0 aromatic heterocycles. The van der Waals surface area contributed by atoms with Crippen LogP contribution in [0, 0.1) is 0 Å². The second-order valence-electron chi connectivity index (χ2n) is 5.49. The van der Waals surface area contributed by atoms with Crippen LogP contribution in [0.15, 0.2) is 4.99 Å². The van der Waals surface area contributed by atoms with Crippen molar-refractivity contribution >= 4 is 16.0 Å². The van der Waals surface area contributed by atoms with Crippen molar-refractivity contribution in [2.45, 2.75) is 77.6 Å². The summed E-state index contributed by atoms with van der Waals surface area (Å²) in [5.41, 5.74) is 0. The molecule has 0 aromatic rings. The van der Waals surface area contributed by atoms with E-state index in [-0.39, 0.29) is 41.2 Å². The van der Waals surface area contributed by atoms with E-state index in [2.05, 4.69) is 11.9 Å². The van der Waals surface area contributed by atoms with Crippen molar-refractivity contribution in [3.63, 3.8) is 0 Å². The van der Waals surface area contributed by atoms with Gasteiger partial charge in [-0.25, -0.2) is 0 Å². The second kappa shape index (κ2) is 16.2. The van der Waals surface area contributed by atoms with E-state index < -0.39 is 10.1 Å². The summed E-state index contributed by atoms with van der Waals surface area (Å²) in [4.78, 5) is 3.89. The van der Waals surface area contributed by atoms with Crippen molar-refractivity contribution in [2.24, 2.45) is 4.99 Å². The summed E-state index contributed by atoms with van der Waals surface area (Å²) < 4.78 is 29.5. The molecule has 0 heterocycles. The first kappa shape index (κ1) is 24.6. The molecule has 1 N–H and O–H groups in total. The maximum absolute atomic E-state index is 11.4. The average molecular weight is 343 g/mol. The molecule has 0 aliphatic rings. The molecule has 0 unspecified atom stereocenters. The molecule has 0 aliphatic heterocycles. The second-order valence-corrected chi connectivity index (χ2v) is 7.07. The van der Waals surface area contributed by atoms with E-state index in [0.29, 0.717) is 25.8 Å². The van der Waals surface area contributed by atoms with Crippen LogP contribution in [0.25, 0.3) is 0 Å². The van der Waals surface area contributed by atoms with Gasteiger partial charge < -0.3 is 10.1 Å². The number of aliphatic imine (C=N–C) groups is 1. The first-order valence-corrected chi connectivity index (χ1v) is 9.72. The van der Waals surface area contributed by atoms with Gasteiger partial charge in [0.05, 0.1) is 5.75 Å². The van der Waals surface area contributed by atoms with Gasteiger partial charge in [0.2, 0.25) is 0 Å². The molecule has 0 fully saturated rings. The van der Waals surface area contributed by atoms with Crippen LogP contribution in [-0.4, -0.2) is 31.2 Å². The normalized spacial score (nSPS) is 12.2. The van der Waals surface area contributed by atoms with Crippen LogP contribution < -0.4 is 34.7 Å². The number of hydrogen-bond donors (Lipinski definition) is 1. The van der Waals surface area contributed by atoms with Gasteiger partial charge in [0.25, 0.3) is 10.1 Å². The minimum absolute atomic E-state index is 0. The first-order valence-electron chi connectivity index (χ1n) is 8.11. The van der Waals surface area contributed by atoms with Gasteiger partial charge in [-0.2, -0.15) is 8.42 Å². The average Bonchev–Trinajstić information content (AvgIpc) is 2.40. The molecule has 0 aliphatic carbocycles. The van der Waals surface area contributed by atoms with Gasteiger partial charge in [0, 0.05) is 6.54 Å². The largest absolute Gasteiger partial charge is 1.00 e. The fourth-order valence-corrected chi connectivity index (χ4v) is 2.66. The fourth-order valence-electron chi connectivity index (χ4n) is 2.09. The van der Waals surface area contributed by atoms with Crippen LogP contribution in [0.2, 0.25) is 0 Å². The van der Waals surface area contributed by atoms with Gasteiger partial charge in [0.15, 0.2) is 0 Å². The smallest absolute Gasteiger partial charge is 0.862 e. The van der Waals surface area contributed by atoms with Crippen LogP contribution in [0.5, 0.6) is 0 Å². The molecule has 126 valence electrons. The van der Waals surface area contributed by atoms with Crippen molar-refractivity contribution < 1.29 is 47.6 Å². The third kappa shape index (κ3) is 20.4. The zero-order chi connectivity index (χ0) is 16.0. The molecule has 0 saturated heterocycles. The molecule has 5 nitrogen and oxygen atoms in total. The number of rotatable bonds is 14. The Balaban J connectivity index is 0. The number of unbranched alkanes of at least 4 members (excludes halogenated alkanes) is 8. The zero-order valence-electron chi connectivity index (χ0n) is 14.2. The molecule has 7 heteroatoms. The molecular weight excluding hydrogens is 313 g/mol. The van der Waals surface area contributed by atoms with E-state index in [4.69, 9.17) is 4.55 Å². The molecule has 0 rings (SSSR count). The van der Waals surface area contributed by atoms with Gasteiger partial charge >= 0.3 is 29.6 Å². The van der Waals surface area contributed by atoms with Gasteiger partial charge in [-0.15, -0.1) is 0 Å². The SMILES string of the molecule is CCCCCCCCCCC([O-])=NCCCCS(=O)(=O)O.[Na+]. The molecule has 0 radical (unpaired) electrons. The van der Waals surface area contributed by atoms with Gasteiger partial charge in [0.1, 0.15) is 0 Å². The Morgan fingerprint density at radius 2 is 1.50 bits per heavy atom. The van der Waals surface area contributed by atoms with E-state index in [1.807, 2.05) is 0 Å². The maximum atomic E-state index is 11.4.